The zero-order chi connectivity index (χ0) is 14.5. The van der Waals surface area contributed by atoms with Gasteiger partial charge in [0.2, 0.25) is 0 Å². The molecule has 0 heterocycles. The van der Waals surface area contributed by atoms with E-state index in [2.05, 4.69) is 61.6 Å². The summed E-state index contributed by atoms with van der Waals surface area (Å²) in [7, 11) is 4.16. The first kappa shape index (κ1) is 14.9. The lowest BCUT2D eigenvalue weighted by molar-refractivity contribution is 0.403. The summed E-state index contributed by atoms with van der Waals surface area (Å²) in [5.41, 5.74) is 3.66. The maximum absolute atomic E-state index is 6.06. The average molecular weight is 289 g/mol. The average Bonchev–Trinajstić information content (AvgIpc) is 2.40. The Hall–Kier alpha value is -1.51. The van der Waals surface area contributed by atoms with Gasteiger partial charge in [-0.3, -0.25) is 0 Å². The Morgan fingerprint density at radius 1 is 1.10 bits per heavy atom. The SMILES string of the molecule is CC(Nc1ccccc1CN(C)C)c1cccc(Cl)c1. The van der Waals surface area contributed by atoms with Crippen molar-refractivity contribution in [3.8, 4) is 0 Å². The second-order valence-corrected chi connectivity index (χ2v) is 5.75. The third-order valence-corrected chi connectivity index (χ3v) is 3.46. The molecule has 1 N–H and O–H groups in total. The fourth-order valence-corrected chi connectivity index (χ4v) is 2.43. The van der Waals surface area contributed by atoms with Crippen molar-refractivity contribution in [3.63, 3.8) is 0 Å². The molecule has 2 aromatic carbocycles. The maximum Gasteiger partial charge on any atom is 0.0486 e. The van der Waals surface area contributed by atoms with Crippen LogP contribution < -0.4 is 5.32 Å². The van der Waals surface area contributed by atoms with Gasteiger partial charge in [-0.1, -0.05) is 41.9 Å². The standard InChI is InChI=1S/C17H21ClN2/c1-13(14-8-6-9-16(18)11-14)19-17-10-5-4-7-15(17)12-20(2)3/h4-11,13,19H,12H2,1-3H3. The van der Waals surface area contributed by atoms with Gasteiger partial charge in [-0.2, -0.15) is 0 Å². The third kappa shape index (κ3) is 3.99. The van der Waals surface area contributed by atoms with Gasteiger partial charge in [0.15, 0.2) is 0 Å². The highest BCUT2D eigenvalue weighted by Crippen LogP contribution is 2.24. The van der Waals surface area contributed by atoms with Crippen molar-refractivity contribution in [2.75, 3.05) is 19.4 Å². The molecule has 106 valence electrons. The summed E-state index contributed by atoms with van der Waals surface area (Å²) in [6, 6.07) is 16.6. The van der Waals surface area contributed by atoms with Crippen LogP contribution in [-0.4, -0.2) is 19.0 Å². The van der Waals surface area contributed by atoms with E-state index in [4.69, 9.17) is 11.6 Å². The minimum absolute atomic E-state index is 0.219. The molecule has 0 radical (unpaired) electrons. The van der Waals surface area contributed by atoms with Gasteiger partial charge in [-0.05, 0) is 50.3 Å². The number of rotatable bonds is 5. The van der Waals surface area contributed by atoms with E-state index in [1.54, 1.807) is 0 Å². The molecule has 0 spiro atoms. The fourth-order valence-electron chi connectivity index (χ4n) is 2.23. The van der Waals surface area contributed by atoms with Crippen LogP contribution in [0.5, 0.6) is 0 Å². The summed E-state index contributed by atoms with van der Waals surface area (Å²) in [6.07, 6.45) is 0. The van der Waals surface area contributed by atoms with E-state index in [1.807, 2.05) is 18.2 Å². The number of para-hydroxylation sites is 1. The van der Waals surface area contributed by atoms with E-state index in [0.29, 0.717) is 0 Å². The van der Waals surface area contributed by atoms with Crippen LogP contribution in [0.15, 0.2) is 48.5 Å². The smallest absolute Gasteiger partial charge is 0.0486 e. The van der Waals surface area contributed by atoms with Crippen molar-refractivity contribution in [1.82, 2.24) is 4.90 Å². The second-order valence-electron chi connectivity index (χ2n) is 5.32. The molecule has 3 heteroatoms. The van der Waals surface area contributed by atoms with Crippen LogP contribution in [0, 0.1) is 0 Å². The monoisotopic (exact) mass is 288 g/mol. The molecule has 0 aliphatic rings. The van der Waals surface area contributed by atoms with Gasteiger partial charge in [0.1, 0.15) is 0 Å². The number of anilines is 1. The topological polar surface area (TPSA) is 15.3 Å². The fraction of sp³-hybridized carbons (Fsp3) is 0.294. The highest BCUT2D eigenvalue weighted by atomic mass is 35.5. The van der Waals surface area contributed by atoms with Gasteiger partial charge in [0.05, 0.1) is 0 Å². The first-order valence-electron chi connectivity index (χ1n) is 6.81. The molecule has 0 aliphatic carbocycles. The Labute approximate surface area is 126 Å². The Kier molecular flexibility index (Phi) is 5.05. The molecule has 0 bridgehead atoms. The molecule has 1 unspecified atom stereocenters. The van der Waals surface area contributed by atoms with E-state index < -0.39 is 0 Å². The summed E-state index contributed by atoms with van der Waals surface area (Å²) < 4.78 is 0. The Balaban J connectivity index is 2.17. The summed E-state index contributed by atoms with van der Waals surface area (Å²) >= 11 is 6.06. The Bertz CT molecular complexity index is 566. The molecule has 1 atom stereocenters. The number of nitrogens with one attached hydrogen (secondary N) is 1. The predicted molar refractivity (Wildman–Crippen MR) is 87.3 cm³/mol. The minimum atomic E-state index is 0.219. The van der Waals surface area contributed by atoms with Gasteiger partial charge >= 0.3 is 0 Å². The van der Waals surface area contributed by atoms with Crippen LogP contribution in [0.25, 0.3) is 0 Å². The van der Waals surface area contributed by atoms with Crippen LogP contribution in [0.3, 0.4) is 0 Å². The molecular weight excluding hydrogens is 268 g/mol. The molecule has 0 saturated heterocycles. The van der Waals surface area contributed by atoms with Crippen LogP contribution >= 0.6 is 11.6 Å². The first-order chi connectivity index (χ1) is 9.56. The van der Waals surface area contributed by atoms with Crippen molar-refractivity contribution in [1.29, 1.82) is 0 Å². The summed E-state index contributed by atoms with van der Waals surface area (Å²) in [5.74, 6) is 0. The number of halogens is 1. The van der Waals surface area contributed by atoms with Gasteiger partial charge in [0.25, 0.3) is 0 Å². The Morgan fingerprint density at radius 3 is 2.55 bits per heavy atom. The normalized spacial score (nSPS) is 12.4. The summed E-state index contributed by atoms with van der Waals surface area (Å²) in [4.78, 5) is 2.17. The van der Waals surface area contributed by atoms with Crippen LogP contribution in [0.4, 0.5) is 5.69 Å². The van der Waals surface area contributed by atoms with E-state index in [9.17, 15) is 0 Å². The van der Waals surface area contributed by atoms with Gasteiger partial charge < -0.3 is 10.2 Å². The molecule has 0 fully saturated rings. The van der Waals surface area contributed by atoms with Gasteiger partial charge in [-0.15, -0.1) is 0 Å². The van der Waals surface area contributed by atoms with Crippen LogP contribution in [-0.2, 0) is 6.54 Å². The Morgan fingerprint density at radius 2 is 1.85 bits per heavy atom. The maximum atomic E-state index is 6.06. The lowest BCUT2D eigenvalue weighted by Gasteiger charge is -2.20. The third-order valence-electron chi connectivity index (χ3n) is 3.22. The number of hydrogen-bond acceptors (Lipinski definition) is 2. The highest BCUT2D eigenvalue weighted by molar-refractivity contribution is 6.30. The molecule has 2 aromatic rings. The van der Waals surface area contributed by atoms with E-state index in [1.165, 1.54) is 16.8 Å². The molecule has 2 nitrogen and oxygen atoms in total. The molecular formula is C17H21ClN2. The molecule has 20 heavy (non-hydrogen) atoms. The molecule has 0 saturated carbocycles. The quantitative estimate of drug-likeness (QED) is 0.867. The van der Waals surface area contributed by atoms with E-state index in [0.717, 1.165) is 11.6 Å². The predicted octanol–water partition coefficient (Wildman–Crippen LogP) is 4.57. The van der Waals surface area contributed by atoms with E-state index in [-0.39, 0.29) is 6.04 Å². The second kappa shape index (κ2) is 6.78. The molecule has 2 rings (SSSR count). The number of hydrogen-bond donors (Lipinski definition) is 1. The van der Waals surface area contributed by atoms with E-state index >= 15 is 0 Å². The summed E-state index contributed by atoms with van der Waals surface area (Å²) in [5, 5.41) is 4.35. The number of nitrogens with zero attached hydrogens (tertiary/aromatic N) is 1. The molecule has 0 aromatic heterocycles. The largest absolute Gasteiger partial charge is 0.378 e. The van der Waals surface area contributed by atoms with Gasteiger partial charge in [-0.25, -0.2) is 0 Å². The highest BCUT2D eigenvalue weighted by Gasteiger charge is 2.09. The van der Waals surface area contributed by atoms with Crippen molar-refractivity contribution < 1.29 is 0 Å². The zero-order valence-corrected chi connectivity index (χ0v) is 13.0. The zero-order valence-electron chi connectivity index (χ0n) is 12.2. The van der Waals surface area contributed by atoms with Crippen LogP contribution in [0.1, 0.15) is 24.1 Å². The van der Waals surface area contributed by atoms with Crippen molar-refractivity contribution in [2.45, 2.75) is 19.5 Å². The van der Waals surface area contributed by atoms with Crippen molar-refractivity contribution in [2.24, 2.45) is 0 Å². The lowest BCUT2D eigenvalue weighted by atomic mass is 10.1. The van der Waals surface area contributed by atoms with Crippen molar-refractivity contribution in [3.05, 3.63) is 64.7 Å². The lowest BCUT2D eigenvalue weighted by Crippen LogP contribution is -2.14. The van der Waals surface area contributed by atoms with Crippen molar-refractivity contribution >= 4 is 17.3 Å². The van der Waals surface area contributed by atoms with Gasteiger partial charge in [0, 0.05) is 23.3 Å². The van der Waals surface area contributed by atoms with Crippen LogP contribution in [0.2, 0.25) is 5.02 Å². The minimum Gasteiger partial charge on any atom is -0.378 e. The molecule has 0 amide bonds. The summed E-state index contributed by atoms with van der Waals surface area (Å²) in [6.45, 7) is 3.07. The number of benzene rings is 2. The first-order valence-corrected chi connectivity index (χ1v) is 7.18. The molecule has 0 aliphatic heterocycles.